The molecule has 5 heteroatoms. The first-order valence-electron chi connectivity index (χ1n) is 6.23. The Morgan fingerprint density at radius 3 is 2.84 bits per heavy atom. The maximum atomic E-state index is 12.0. The van der Waals surface area contributed by atoms with Gasteiger partial charge in [0.05, 0.1) is 17.2 Å². The first-order valence-corrected chi connectivity index (χ1v) is 6.23. The normalized spacial score (nSPS) is 14.9. The Balaban J connectivity index is 2.24. The van der Waals surface area contributed by atoms with E-state index in [-0.39, 0.29) is 17.2 Å². The van der Waals surface area contributed by atoms with Gasteiger partial charge in [0.1, 0.15) is 11.6 Å². The summed E-state index contributed by atoms with van der Waals surface area (Å²) in [6, 6.07) is 8.11. The van der Waals surface area contributed by atoms with Gasteiger partial charge in [-0.1, -0.05) is 12.1 Å². The molecule has 0 saturated carbocycles. The zero-order valence-corrected chi connectivity index (χ0v) is 10.6. The largest absolute Gasteiger partial charge is 0.378 e. The quantitative estimate of drug-likeness (QED) is 0.749. The molecule has 1 aliphatic rings. The van der Waals surface area contributed by atoms with Crippen molar-refractivity contribution >= 4 is 16.6 Å². The number of H-pyrrole nitrogens is 1. The minimum Gasteiger partial charge on any atom is -0.378 e. The highest BCUT2D eigenvalue weighted by Crippen LogP contribution is 2.25. The van der Waals surface area contributed by atoms with Crippen molar-refractivity contribution in [2.24, 2.45) is 0 Å². The number of nitrogens with zero attached hydrogens (tertiary/aromatic N) is 1. The molecule has 1 aliphatic heterocycles. The van der Waals surface area contributed by atoms with Crippen LogP contribution in [0.25, 0.3) is 10.9 Å². The van der Waals surface area contributed by atoms with Crippen LogP contribution in [0.3, 0.4) is 0 Å². The summed E-state index contributed by atoms with van der Waals surface area (Å²) < 4.78 is 0. The molecular weight excluding hydrogens is 240 g/mol. The van der Waals surface area contributed by atoms with E-state index < -0.39 is 0 Å². The second kappa shape index (κ2) is 4.41. The average Bonchev–Trinajstić information content (AvgIpc) is 2.32. The highest BCUT2D eigenvalue weighted by Gasteiger charge is 2.20. The maximum absolute atomic E-state index is 12.0. The molecule has 3 rings (SSSR count). The number of fused-ring (bicyclic) bond motifs is 1. The van der Waals surface area contributed by atoms with Crippen LogP contribution in [-0.4, -0.2) is 24.1 Å². The number of aromatic nitrogens is 1. The number of hydrogen-bond donors (Lipinski definition) is 3. The summed E-state index contributed by atoms with van der Waals surface area (Å²) in [6.45, 7) is 3.68. The molecule has 96 valence electrons. The third kappa shape index (κ3) is 1.96. The fourth-order valence-corrected chi connectivity index (χ4v) is 2.26. The van der Waals surface area contributed by atoms with E-state index in [4.69, 9.17) is 0 Å². The highest BCUT2D eigenvalue weighted by atomic mass is 16.1. The summed E-state index contributed by atoms with van der Waals surface area (Å²) in [5, 5.41) is 16.5. The van der Waals surface area contributed by atoms with Gasteiger partial charge >= 0.3 is 0 Å². The predicted molar refractivity (Wildman–Crippen MR) is 74.3 cm³/mol. The molecule has 2 aromatic rings. The molecule has 3 N–H and O–H groups in total. The lowest BCUT2D eigenvalue weighted by atomic mass is 10.1. The van der Waals surface area contributed by atoms with Crippen LogP contribution in [0.2, 0.25) is 0 Å². The van der Waals surface area contributed by atoms with Gasteiger partial charge in [-0.05, 0) is 18.6 Å². The highest BCUT2D eigenvalue weighted by molar-refractivity contribution is 5.94. The van der Waals surface area contributed by atoms with Crippen LogP contribution in [0.5, 0.6) is 0 Å². The van der Waals surface area contributed by atoms with E-state index in [0.29, 0.717) is 5.69 Å². The third-order valence-corrected chi connectivity index (χ3v) is 3.41. The van der Waals surface area contributed by atoms with Gasteiger partial charge in [-0.15, -0.1) is 0 Å². The minimum absolute atomic E-state index is 0.156. The molecule has 0 spiro atoms. The van der Waals surface area contributed by atoms with Crippen LogP contribution in [0.15, 0.2) is 23.0 Å². The standard InChI is InChI=1S/C14H14N4O/c1-8-2-3-10-12(4-8)18-14(19)11(5-15)13(10)17-9-6-16-7-9/h2-4,9,16H,6-7H2,1H3,(H2,17,18,19). The molecule has 1 aromatic heterocycles. The number of pyridine rings is 1. The number of nitrogens with one attached hydrogen (secondary N) is 3. The van der Waals surface area contributed by atoms with Crippen molar-refractivity contribution in [2.45, 2.75) is 13.0 Å². The third-order valence-electron chi connectivity index (χ3n) is 3.41. The SMILES string of the molecule is Cc1ccc2c(NC3CNC3)c(C#N)c(=O)[nH]c2c1. The zero-order chi connectivity index (χ0) is 13.4. The first-order chi connectivity index (χ1) is 9.19. The molecule has 1 saturated heterocycles. The monoisotopic (exact) mass is 254 g/mol. The summed E-state index contributed by atoms with van der Waals surface area (Å²) in [5.41, 5.74) is 2.30. The number of rotatable bonds is 2. The summed E-state index contributed by atoms with van der Waals surface area (Å²) in [4.78, 5) is 14.7. The number of benzene rings is 1. The molecule has 0 aliphatic carbocycles. The summed E-state index contributed by atoms with van der Waals surface area (Å²) in [7, 11) is 0. The van der Waals surface area contributed by atoms with E-state index in [9.17, 15) is 10.1 Å². The molecular formula is C14H14N4O. The van der Waals surface area contributed by atoms with Crippen LogP contribution in [0.4, 0.5) is 5.69 Å². The molecule has 19 heavy (non-hydrogen) atoms. The van der Waals surface area contributed by atoms with E-state index in [2.05, 4.69) is 15.6 Å². The second-order valence-electron chi connectivity index (χ2n) is 4.86. The molecule has 0 radical (unpaired) electrons. The maximum Gasteiger partial charge on any atom is 0.268 e. The number of aromatic amines is 1. The van der Waals surface area contributed by atoms with Gasteiger partial charge in [-0.2, -0.15) is 5.26 Å². The number of hydrogen-bond acceptors (Lipinski definition) is 4. The van der Waals surface area contributed by atoms with Crippen LogP contribution in [0, 0.1) is 18.3 Å². The van der Waals surface area contributed by atoms with Gasteiger partial charge in [0.15, 0.2) is 0 Å². The molecule has 0 bridgehead atoms. The van der Waals surface area contributed by atoms with Crippen molar-refractivity contribution in [1.82, 2.24) is 10.3 Å². The lowest BCUT2D eigenvalue weighted by molar-refractivity contribution is 0.472. The molecule has 0 unspecified atom stereocenters. The first kappa shape index (κ1) is 11.8. The van der Waals surface area contributed by atoms with Gasteiger partial charge in [0.2, 0.25) is 0 Å². The van der Waals surface area contributed by atoms with E-state index in [1.54, 1.807) is 0 Å². The molecule has 0 atom stereocenters. The fourth-order valence-electron chi connectivity index (χ4n) is 2.26. The molecule has 2 heterocycles. The molecule has 5 nitrogen and oxygen atoms in total. The van der Waals surface area contributed by atoms with Crippen molar-refractivity contribution in [3.8, 4) is 6.07 Å². The van der Waals surface area contributed by atoms with Crippen molar-refractivity contribution in [3.05, 3.63) is 39.7 Å². The van der Waals surface area contributed by atoms with Crippen LogP contribution < -0.4 is 16.2 Å². The van der Waals surface area contributed by atoms with Crippen molar-refractivity contribution in [2.75, 3.05) is 18.4 Å². The Morgan fingerprint density at radius 2 is 2.21 bits per heavy atom. The van der Waals surface area contributed by atoms with Gasteiger partial charge in [0.25, 0.3) is 5.56 Å². The van der Waals surface area contributed by atoms with Crippen LogP contribution in [0.1, 0.15) is 11.1 Å². The lowest BCUT2D eigenvalue weighted by Gasteiger charge is -2.29. The Bertz CT molecular complexity index is 737. The lowest BCUT2D eigenvalue weighted by Crippen LogP contribution is -2.51. The van der Waals surface area contributed by atoms with E-state index in [1.165, 1.54) is 0 Å². The molecule has 1 aromatic carbocycles. The Kier molecular flexibility index (Phi) is 2.73. The second-order valence-corrected chi connectivity index (χ2v) is 4.86. The number of aryl methyl sites for hydroxylation is 1. The Hall–Kier alpha value is -2.32. The summed E-state index contributed by atoms with van der Waals surface area (Å²) in [5.74, 6) is 0. The van der Waals surface area contributed by atoms with Crippen molar-refractivity contribution in [1.29, 1.82) is 5.26 Å². The van der Waals surface area contributed by atoms with Crippen molar-refractivity contribution < 1.29 is 0 Å². The van der Waals surface area contributed by atoms with Gasteiger partial charge < -0.3 is 15.6 Å². The average molecular weight is 254 g/mol. The number of anilines is 1. The summed E-state index contributed by atoms with van der Waals surface area (Å²) in [6.07, 6.45) is 0. The molecule has 0 amide bonds. The number of nitriles is 1. The smallest absolute Gasteiger partial charge is 0.268 e. The van der Waals surface area contributed by atoms with Gasteiger partial charge in [0, 0.05) is 18.5 Å². The van der Waals surface area contributed by atoms with Gasteiger partial charge in [-0.25, -0.2) is 0 Å². The van der Waals surface area contributed by atoms with E-state index >= 15 is 0 Å². The Morgan fingerprint density at radius 1 is 1.42 bits per heavy atom. The zero-order valence-electron chi connectivity index (χ0n) is 10.6. The van der Waals surface area contributed by atoms with Crippen LogP contribution >= 0.6 is 0 Å². The summed E-state index contributed by atoms with van der Waals surface area (Å²) >= 11 is 0. The van der Waals surface area contributed by atoms with E-state index in [0.717, 1.165) is 29.6 Å². The minimum atomic E-state index is -0.338. The van der Waals surface area contributed by atoms with Crippen LogP contribution in [-0.2, 0) is 0 Å². The Labute approximate surface area is 110 Å². The van der Waals surface area contributed by atoms with Crippen molar-refractivity contribution in [3.63, 3.8) is 0 Å². The molecule has 1 fully saturated rings. The topological polar surface area (TPSA) is 80.7 Å². The van der Waals surface area contributed by atoms with Gasteiger partial charge in [-0.3, -0.25) is 4.79 Å². The fraction of sp³-hybridized carbons (Fsp3) is 0.286. The van der Waals surface area contributed by atoms with E-state index in [1.807, 2.05) is 31.2 Å². The predicted octanol–water partition coefficient (Wildman–Crippen LogP) is 1.09.